The van der Waals surface area contributed by atoms with Gasteiger partial charge in [-0.15, -0.1) is 5.10 Å². The van der Waals surface area contributed by atoms with Crippen molar-refractivity contribution in [1.82, 2.24) is 15.0 Å². The van der Waals surface area contributed by atoms with Gasteiger partial charge in [0.05, 0.1) is 18.5 Å². The lowest BCUT2D eigenvalue weighted by molar-refractivity contribution is 0.0592. The van der Waals surface area contributed by atoms with Gasteiger partial charge in [0.2, 0.25) is 0 Å². The molecule has 0 aliphatic carbocycles. The predicted molar refractivity (Wildman–Crippen MR) is 71.8 cm³/mol. The minimum atomic E-state index is -0.482. The van der Waals surface area contributed by atoms with Crippen LogP contribution in [0.5, 0.6) is 0 Å². The quantitative estimate of drug-likeness (QED) is 0.811. The first-order valence-corrected chi connectivity index (χ1v) is 6.22. The van der Waals surface area contributed by atoms with E-state index >= 15 is 0 Å². The van der Waals surface area contributed by atoms with Crippen LogP contribution in [0, 0.1) is 0 Å². The molecule has 0 unspecified atom stereocenters. The van der Waals surface area contributed by atoms with Gasteiger partial charge in [0.15, 0.2) is 5.69 Å². The van der Waals surface area contributed by atoms with Crippen molar-refractivity contribution >= 4 is 17.6 Å². The minimum absolute atomic E-state index is 0.0831. The van der Waals surface area contributed by atoms with Crippen molar-refractivity contribution in [3.8, 4) is 5.69 Å². The van der Waals surface area contributed by atoms with Gasteiger partial charge < -0.3 is 4.74 Å². The molecule has 19 heavy (non-hydrogen) atoms. The van der Waals surface area contributed by atoms with Gasteiger partial charge in [0.25, 0.3) is 0 Å². The summed E-state index contributed by atoms with van der Waals surface area (Å²) >= 11 is 5.86. The smallest absolute Gasteiger partial charge is 0.360 e. The summed E-state index contributed by atoms with van der Waals surface area (Å²) in [6.45, 7) is 3.94. The number of carbonyl (C=O) groups is 1. The van der Waals surface area contributed by atoms with E-state index in [4.69, 9.17) is 16.3 Å². The topological polar surface area (TPSA) is 57.0 Å². The minimum Gasteiger partial charge on any atom is -0.464 e. The Kier molecular flexibility index (Phi) is 3.85. The van der Waals surface area contributed by atoms with Gasteiger partial charge in [-0.1, -0.05) is 30.7 Å². The van der Waals surface area contributed by atoms with E-state index in [2.05, 4.69) is 10.3 Å². The second-order valence-electron chi connectivity index (χ2n) is 4.36. The van der Waals surface area contributed by atoms with Crippen LogP contribution in [0.1, 0.15) is 35.9 Å². The molecule has 0 aliphatic rings. The Labute approximate surface area is 116 Å². The second kappa shape index (κ2) is 5.40. The molecule has 2 rings (SSSR count). The van der Waals surface area contributed by atoms with Crippen LogP contribution in [-0.4, -0.2) is 28.1 Å². The summed E-state index contributed by atoms with van der Waals surface area (Å²) in [5.74, 6) is -0.399. The molecule has 0 fully saturated rings. The van der Waals surface area contributed by atoms with Crippen molar-refractivity contribution in [2.45, 2.75) is 19.8 Å². The highest BCUT2D eigenvalue weighted by Crippen LogP contribution is 2.22. The lowest BCUT2D eigenvalue weighted by Gasteiger charge is -2.10. The highest BCUT2D eigenvalue weighted by molar-refractivity contribution is 6.30. The number of ether oxygens (including phenoxy) is 1. The zero-order valence-electron chi connectivity index (χ0n) is 10.9. The van der Waals surface area contributed by atoms with Gasteiger partial charge in [0.1, 0.15) is 0 Å². The van der Waals surface area contributed by atoms with E-state index in [-0.39, 0.29) is 11.6 Å². The molecule has 0 saturated heterocycles. The van der Waals surface area contributed by atoms with Crippen LogP contribution in [0.15, 0.2) is 24.3 Å². The standard InChI is InChI=1S/C13H14ClN3O2/c1-8(2)12-11(13(18)19-3)15-16-17(12)10-6-4-9(14)5-7-10/h4-8H,1-3H3. The fourth-order valence-electron chi connectivity index (χ4n) is 1.82. The van der Waals surface area contributed by atoms with E-state index in [9.17, 15) is 4.79 Å². The zero-order valence-corrected chi connectivity index (χ0v) is 11.7. The van der Waals surface area contributed by atoms with Crippen molar-refractivity contribution in [2.75, 3.05) is 7.11 Å². The Hall–Kier alpha value is -1.88. The van der Waals surface area contributed by atoms with E-state index < -0.39 is 5.97 Å². The molecule has 2 aromatic rings. The summed E-state index contributed by atoms with van der Waals surface area (Å²) in [4.78, 5) is 11.7. The maximum Gasteiger partial charge on any atom is 0.360 e. The fraction of sp³-hybridized carbons (Fsp3) is 0.308. The Bertz CT molecular complexity index is 590. The number of methoxy groups -OCH3 is 1. The predicted octanol–water partition coefficient (Wildman–Crippen LogP) is 2.83. The number of carbonyl (C=O) groups excluding carboxylic acids is 1. The number of rotatable bonds is 3. The molecular formula is C13H14ClN3O2. The molecule has 0 spiro atoms. The SMILES string of the molecule is COC(=O)c1nnn(-c2ccc(Cl)cc2)c1C(C)C. The average Bonchev–Trinajstić information content (AvgIpc) is 2.83. The Balaban J connectivity index is 2.55. The maximum atomic E-state index is 11.7. The number of halogens is 1. The van der Waals surface area contributed by atoms with Gasteiger partial charge in [-0.2, -0.15) is 0 Å². The van der Waals surface area contributed by atoms with Crippen molar-refractivity contribution in [3.05, 3.63) is 40.7 Å². The molecule has 0 N–H and O–H groups in total. The first-order chi connectivity index (χ1) is 9.04. The highest BCUT2D eigenvalue weighted by atomic mass is 35.5. The number of hydrogen-bond acceptors (Lipinski definition) is 4. The summed E-state index contributed by atoms with van der Waals surface area (Å²) in [6, 6.07) is 7.18. The molecule has 0 saturated carbocycles. The number of hydrogen-bond donors (Lipinski definition) is 0. The molecule has 0 radical (unpaired) electrons. The average molecular weight is 280 g/mol. The van der Waals surface area contributed by atoms with Gasteiger partial charge in [0, 0.05) is 5.02 Å². The van der Waals surface area contributed by atoms with Crippen LogP contribution in [0.2, 0.25) is 5.02 Å². The maximum absolute atomic E-state index is 11.7. The highest BCUT2D eigenvalue weighted by Gasteiger charge is 2.23. The molecule has 1 aromatic carbocycles. The van der Waals surface area contributed by atoms with Crippen molar-refractivity contribution in [3.63, 3.8) is 0 Å². The third kappa shape index (κ3) is 2.61. The molecule has 0 aliphatic heterocycles. The van der Waals surface area contributed by atoms with Gasteiger partial charge in [-0.3, -0.25) is 0 Å². The number of benzene rings is 1. The largest absolute Gasteiger partial charge is 0.464 e. The van der Waals surface area contributed by atoms with Gasteiger partial charge >= 0.3 is 5.97 Å². The molecule has 1 aromatic heterocycles. The van der Waals surface area contributed by atoms with Gasteiger partial charge in [-0.05, 0) is 30.2 Å². The van der Waals surface area contributed by atoms with Crippen LogP contribution in [0.4, 0.5) is 0 Å². The first-order valence-electron chi connectivity index (χ1n) is 5.84. The van der Waals surface area contributed by atoms with Crippen LogP contribution < -0.4 is 0 Å². The normalized spacial score (nSPS) is 10.8. The van der Waals surface area contributed by atoms with Crippen molar-refractivity contribution in [2.24, 2.45) is 0 Å². The van der Waals surface area contributed by atoms with Gasteiger partial charge in [-0.25, -0.2) is 9.48 Å². The molecular weight excluding hydrogens is 266 g/mol. The zero-order chi connectivity index (χ0) is 14.0. The van der Waals surface area contributed by atoms with Crippen molar-refractivity contribution < 1.29 is 9.53 Å². The summed E-state index contributed by atoms with van der Waals surface area (Å²) in [6.07, 6.45) is 0. The molecule has 0 bridgehead atoms. The molecule has 1 heterocycles. The molecule has 0 atom stereocenters. The molecule has 5 nitrogen and oxygen atoms in total. The first kappa shape index (κ1) is 13.5. The summed E-state index contributed by atoms with van der Waals surface area (Å²) in [5, 5.41) is 8.58. The van der Waals surface area contributed by atoms with Crippen LogP contribution in [-0.2, 0) is 4.74 Å². The monoisotopic (exact) mass is 279 g/mol. The number of nitrogens with zero attached hydrogens (tertiary/aromatic N) is 3. The van der Waals surface area contributed by atoms with E-state index in [1.54, 1.807) is 16.8 Å². The van der Waals surface area contributed by atoms with Crippen molar-refractivity contribution in [1.29, 1.82) is 0 Å². The van der Waals surface area contributed by atoms with Crippen LogP contribution in [0.3, 0.4) is 0 Å². The molecule has 6 heteroatoms. The van der Waals surface area contributed by atoms with Crippen LogP contribution >= 0.6 is 11.6 Å². The fourth-order valence-corrected chi connectivity index (χ4v) is 1.95. The lowest BCUT2D eigenvalue weighted by Crippen LogP contribution is -2.10. The Morgan fingerprint density at radius 1 is 1.32 bits per heavy atom. The molecule has 0 amide bonds. The summed E-state index contributed by atoms with van der Waals surface area (Å²) in [5.41, 5.74) is 1.76. The van der Waals surface area contributed by atoms with E-state index in [0.717, 1.165) is 5.69 Å². The third-order valence-electron chi connectivity index (χ3n) is 2.70. The van der Waals surface area contributed by atoms with E-state index in [1.807, 2.05) is 26.0 Å². The van der Waals surface area contributed by atoms with Crippen LogP contribution in [0.25, 0.3) is 5.69 Å². The third-order valence-corrected chi connectivity index (χ3v) is 2.95. The summed E-state index contributed by atoms with van der Waals surface area (Å²) in [7, 11) is 1.33. The van der Waals surface area contributed by atoms with E-state index in [0.29, 0.717) is 10.7 Å². The number of aromatic nitrogens is 3. The Morgan fingerprint density at radius 2 is 1.95 bits per heavy atom. The lowest BCUT2D eigenvalue weighted by atomic mass is 10.1. The van der Waals surface area contributed by atoms with E-state index in [1.165, 1.54) is 7.11 Å². The second-order valence-corrected chi connectivity index (χ2v) is 4.79. The molecule has 100 valence electrons. The Morgan fingerprint density at radius 3 is 2.47 bits per heavy atom. The number of esters is 1. The summed E-state index contributed by atoms with van der Waals surface area (Å²) < 4.78 is 6.35.